The highest BCUT2D eigenvalue weighted by Crippen LogP contribution is 2.25. The Morgan fingerprint density at radius 3 is 2.75 bits per heavy atom. The first-order chi connectivity index (χ1) is 9.44. The Kier molecular flexibility index (Phi) is 4.05. The zero-order valence-electron chi connectivity index (χ0n) is 10.3. The number of hydrogen-bond donors (Lipinski definition) is 1. The van der Waals surface area contributed by atoms with Crippen molar-refractivity contribution in [3.8, 4) is 0 Å². The van der Waals surface area contributed by atoms with E-state index >= 15 is 0 Å². The zero-order chi connectivity index (χ0) is 14.8. The first-order valence-corrected chi connectivity index (χ1v) is 7.79. The van der Waals surface area contributed by atoms with Crippen LogP contribution in [0.5, 0.6) is 0 Å². The van der Waals surface area contributed by atoms with E-state index in [1.165, 1.54) is 30.0 Å². The number of benzene rings is 1. The lowest BCUT2D eigenvalue weighted by atomic mass is 10.3. The molecular weight excluding hydrogens is 305 g/mol. The van der Waals surface area contributed by atoms with Gasteiger partial charge in [-0.25, -0.2) is 17.6 Å². The molecule has 0 aliphatic carbocycles. The van der Waals surface area contributed by atoms with E-state index < -0.39 is 21.8 Å². The molecule has 8 heteroatoms. The number of esters is 1. The Bertz CT molecular complexity index is 739. The summed E-state index contributed by atoms with van der Waals surface area (Å²) in [5, 5.41) is 2.93. The maximum atomic E-state index is 13.1. The lowest BCUT2D eigenvalue weighted by Crippen LogP contribution is -2.15. The molecule has 1 aromatic heterocycles. The molecular formula is C12H10FNO4S2. The summed E-state index contributed by atoms with van der Waals surface area (Å²) in [6.07, 6.45) is 0. The molecule has 1 N–H and O–H groups in total. The Morgan fingerprint density at radius 1 is 1.35 bits per heavy atom. The van der Waals surface area contributed by atoms with E-state index in [9.17, 15) is 17.6 Å². The number of rotatable bonds is 4. The zero-order valence-corrected chi connectivity index (χ0v) is 11.9. The van der Waals surface area contributed by atoms with Gasteiger partial charge in [0, 0.05) is 10.8 Å². The average Bonchev–Trinajstić information content (AvgIpc) is 2.85. The van der Waals surface area contributed by atoms with E-state index in [2.05, 4.69) is 9.46 Å². The first kappa shape index (κ1) is 14.5. The standard InChI is InChI=1S/C12H10FNO4S2/c1-18-12(15)10-6-19-7-11(10)14-20(16,17)9-4-2-3-8(13)5-9/h2-7,14H,1H3. The summed E-state index contributed by atoms with van der Waals surface area (Å²) in [6.45, 7) is 0. The van der Waals surface area contributed by atoms with Gasteiger partial charge in [-0.2, -0.15) is 0 Å². The molecule has 1 heterocycles. The lowest BCUT2D eigenvalue weighted by Gasteiger charge is -2.08. The van der Waals surface area contributed by atoms with Crippen molar-refractivity contribution in [2.45, 2.75) is 4.90 Å². The predicted octanol–water partition coefficient (Wildman–Crippen LogP) is 2.47. The molecule has 0 saturated carbocycles. The number of halogens is 1. The molecule has 2 rings (SSSR count). The van der Waals surface area contributed by atoms with Crippen molar-refractivity contribution in [1.29, 1.82) is 0 Å². The monoisotopic (exact) mass is 315 g/mol. The van der Waals surface area contributed by atoms with Crippen LogP contribution in [0.15, 0.2) is 39.9 Å². The van der Waals surface area contributed by atoms with Crippen LogP contribution >= 0.6 is 11.3 Å². The van der Waals surface area contributed by atoms with Crippen LogP contribution in [0.1, 0.15) is 10.4 Å². The van der Waals surface area contributed by atoms with Gasteiger partial charge in [-0.3, -0.25) is 4.72 Å². The van der Waals surface area contributed by atoms with E-state index in [-0.39, 0.29) is 16.1 Å². The highest BCUT2D eigenvalue weighted by molar-refractivity contribution is 7.92. The van der Waals surface area contributed by atoms with Crippen molar-refractivity contribution in [2.75, 3.05) is 11.8 Å². The number of methoxy groups -OCH3 is 1. The van der Waals surface area contributed by atoms with E-state index in [0.29, 0.717) is 0 Å². The minimum atomic E-state index is -3.96. The fourth-order valence-electron chi connectivity index (χ4n) is 1.48. The van der Waals surface area contributed by atoms with Crippen molar-refractivity contribution >= 4 is 33.0 Å². The van der Waals surface area contributed by atoms with Crippen LogP contribution in [0.2, 0.25) is 0 Å². The molecule has 0 atom stereocenters. The molecule has 1 aromatic carbocycles. The summed E-state index contributed by atoms with van der Waals surface area (Å²) < 4.78 is 44.0. The molecule has 20 heavy (non-hydrogen) atoms. The molecule has 0 unspecified atom stereocenters. The largest absolute Gasteiger partial charge is 0.465 e. The summed E-state index contributed by atoms with van der Waals surface area (Å²) in [5.41, 5.74) is 0.212. The molecule has 5 nitrogen and oxygen atoms in total. The molecule has 0 radical (unpaired) electrons. The normalized spacial score (nSPS) is 11.1. The molecule has 0 spiro atoms. The number of sulfonamides is 1. The second-order valence-electron chi connectivity index (χ2n) is 3.75. The fraction of sp³-hybridized carbons (Fsp3) is 0.0833. The van der Waals surface area contributed by atoms with Gasteiger partial charge < -0.3 is 4.74 Å². The van der Waals surface area contributed by atoms with Crippen molar-refractivity contribution in [3.63, 3.8) is 0 Å². The van der Waals surface area contributed by atoms with E-state index in [4.69, 9.17) is 0 Å². The number of carbonyl (C=O) groups excluding carboxylic acids is 1. The van der Waals surface area contributed by atoms with Gasteiger partial charge in [-0.05, 0) is 18.2 Å². The number of thiophene rings is 1. The Labute approximate surface area is 119 Å². The third-order valence-electron chi connectivity index (χ3n) is 2.42. The quantitative estimate of drug-likeness (QED) is 0.880. The van der Waals surface area contributed by atoms with Gasteiger partial charge in [0.15, 0.2) is 0 Å². The molecule has 0 saturated heterocycles. The van der Waals surface area contributed by atoms with Crippen LogP contribution in [0.3, 0.4) is 0 Å². The number of nitrogens with one attached hydrogen (secondary N) is 1. The number of anilines is 1. The second-order valence-corrected chi connectivity index (χ2v) is 6.18. The summed E-state index contributed by atoms with van der Waals surface area (Å²) in [7, 11) is -2.76. The molecule has 2 aromatic rings. The van der Waals surface area contributed by atoms with Crippen molar-refractivity contribution in [3.05, 3.63) is 46.4 Å². The second kappa shape index (κ2) is 5.59. The molecule has 0 fully saturated rings. The highest BCUT2D eigenvalue weighted by atomic mass is 32.2. The maximum Gasteiger partial charge on any atom is 0.340 e. The summed E-state index contributed by atoms with van der Waals surface area (Å²) >= 11 is 1.15. The number of hydrogen-bond acceptors (Lipinski definition) is 5. The van der Waals surface area contributed by atoms with Gasteiger partial charge >= 0.3 is 5.97 Å². The van der Waals surface area contributed by atoms with Gasteiger partial charge in [0.05, 0.1) is 23.3 Å². The third kappa shape index (κ3) is 2.97. The van der Waals surface area contributed by atoms with Crippen LogP contribution in [-0.4, -0.2) is 21.5 Å². The number of ether oxygens (including phenoxy) is 1. The van der Waals surface area contributed by atoms with E-state index in [0.717, 1.165) is 23.5 Å². The van der Waals surface area contributed by atoms with Crippen molar-refractivity contribution < 1.29 is 22.3 Å². The predicted molar refractivity (Wildman–Crippen MR) is 72.9 cm³/mol. The topological polar surface area (TPSA) is 72.5 Å². The molecule has 0 bridgehead atoms. The molecule has 0 aliphatic heterocycles. The van der Waals surface area contributed by atoms with Crippen molar-refractivity contribution in [1.82, 2.24) is 0 Å². The van der Waals surface area contributed by atoms with Gasteiger partial charge in [0.2, 0.25) is 0 Å². The maximum absolute atomic E-state index is 13.1. The highest BCUT2D eigenvalue weighted by Gasteiger charge is 2.20. The first-order valence-electron chi connectivity index (χ1n) is 5.37. The SMILES string of the molecule is COC(=O)c1cscc1NS(=O)(=O)c1cccc(F)c1. The molecule has 0 aliphatic rings. The molecule has 106 valence electrons. The minimum absolute atomic E-state index is 0.103. The molecule has 0 amide bonds. The van der Waals surface area contributed by atoms with Crippen LogP contribution < -0.4 is 4.72 Å². The van der Waals surface area contributed by atoms with Crippen LogP contribution in [0.4, 0.5) is 10.1 Å². The van der Waals surface area contributed by atoms with Gasteiger partial charge in [0.1, 0.15) is 5.82 Å². The summed E-state index contributed by atoms with van der Waals surface area (Å²) in [4.78, 5) is 11.2. The van der Waals surface area contributed by atoms with Gasteiger partial charge in [0.25, 0.3) is 10.0 Å². The smallest absolute Gasteiger partial charge is 0.340 e. The Balaban J connectivity index is 2.34. The van der Waals surface area contributed by atoms with E-state index in [1.54, 1.807) is 0 Å². The van der Waals surface area contributed by atoms with Gasteiger partial charge in [-0.1, -0.05) is 6.07 Å². The Hall–Kier alpha value is -1.93. The Morgan fingerprint density at radius 2 is 2.10 bits per heavy atom. The van der Waals surface area contributed by atoms with Gasteiger partial charge in [-0.15, -0.1) is 11.3 Å². The summed E-state index contributed by atoms with van der Waals surface area (Å²) in [6, 6.07) is 4.59. The van der Waals surface area contributed by atoms with Crippen LogP contribution in [0, 0.1) is 5.82 Å². The minimum Gasteiger partial charge on any atom is -0.465 e. The third-order valence-corrected chi connectivity index (χ3v) is 4.52. The average molecular weight is 315 g/mol. The summed E-state index contributed by atoms with van der Waals surface area (Å²) in [5.74, 6) is -1.31. The van der Waals surface area contributed by atoms with E-state index in [1.807, 2.05) is 0 Å². The number of carbonyl (C=O) groups is 1. The van der Waals surface area contributed by atoms with Crippen LogP contribution in [0.25, 0.3) is 0 Å². The van der Waals surface area contributed by atoms with Crippen LogP contribution in [-0.2, 0) is 14.8 Å². The van der Waals surface area contributed by atoms with Crippen molar-refractivity contribution in [2.24, 2.45) is 0 Å². The lowest BCUT2D eigenvalue weighted by molar-refractivity contribution is 0.0602. The fourth-order valence-corrected chi connectivity index (χ4v) is 3.41.